The molecule has 1 aromatic heterocycles. The lowest BCUT2D eigenvalue weighted by atomic mass is 10.1. The molecule has 41 heavy (non-hydrogen) atoms. The monoisotopic (exact) mass is 607 g/mol. The molecule has 3 rings (SSSR count). The highest BCUT2D eigenvalue weighted by Gasteiger charge is 2.33. The number of hydrogen-bond donors (Lipinski definition) is 2. The molecule has 0 radical (unpaired) electrons. The van der Waals surface area contributed by atoms with Gasteiger partial charge in [-0.15, -0.1) is 0 Å². The Morgan fingerprint density at radius 2 is 1.76 bits per heavy atom. The predicted molar refractivity (Wildman–Crippen MR) is 156 cm³/mol. The summed E-state index contributed by atoms with van der Waals surface area (Å²) in [6.45, 7) is 8.16. The number of ether oxygens (including phenoxy) is 2. The van der Waals surface area contributed by atoms with Gasteiger partial charge in [0, 0.05) is 17.3 Å². The zero-order chi connectivity index (χ0) is 30.2. The summed E-state index contributed by atoms with van der Waals surface area (Å²) in [5, 5.41) is 3.25. The topological polar surface area (TPSA) is 138 Å². The molecule has 11 nitrogen and oxygen atoms in total. The smallest absolute Gasteiger partial charge is 0.459 e. The van der Waals surface area contributed by atoms with Crippen LogP contribution in [0, 0.1) is 0 Å². The van der Waals surface area contributed by atoms with Crippen molar-refractivity contribution in [2.24, 2.45) is 0 Å². The first-order valence-electron chi connectivity index (χ1n) is 13.1. The van der Waals surface area contributed by atoms with Gasteiger partial charge in [0.15, 0.2) is 0 Å². The lowest BCUT2D eigenvalue weighted by Crippen LogP contribution is -2.37. The third-order valence-corrected chi connectivity index (χ3v) is 7.69. The van der Waals surface area contributed by atoms with E-state index in [9.17, 15) is 18.9 Å². The molecule has 0 aliphatic heterocycles. The quantitative estimate of drug-likeness (QED) is 0.184. The molecule has 0 aliphatic rings. The largest absolute Gasteiger partial charge is 0.462 e. The van der Waals surface area contributed by atoms with E-state index in [1.54, 1.807) is 51.1 Å². The second kappa shape index (κ2) is 14.6. The van der Waals surface area contributed by atoms with Crippen LogP contribution in [0.25, 0.3) is 11.1 Å². The Morgan fingerprint density at radius 3 is 2.37 bits per heavy atom. The lowest BCUT2D eigenvalue weighted by Gasteiger charge is -2.27. The number of H-pyrrole nitrogens is 1. The lowest BCUT2D eigenvalue weighted by molar-refractivity contribution is -0.149. The van der Waals surface area contributed by atoms with Gasteiger partial charge in [0.25, 0.3) is 5.56 Å². The highest BCUT2D eigenvalue weighted by molar-refractivity contribution is 7.52. The Labute approximate surface area is 243 Å². The summed E-state index contributed by atoms with van der Waals surface area (Å²) >= 11 is 6.11. The van der Waals surface area contributed by atoms with E-state index in [0.717, 1.165) is 11.1 Å². The van der Waals surface area contributed by atoms with Gasteiger partial charge in [-0.1, -0.05) is 42.8 Å². The van der Waals surface area contributed by atoms with E-state index in [2.05, 4.69) is 10.1 Å². The second-order valence-electron chi connectivity index (χ2n) is 9.54. The van der Waals surface area contributed by atoms with Crippen LogP contribution in [0.15, 0.2) is 70.4 Å². The highest BCUT2D eigenvalue weighted by atomic mass is 35.5. The zero-order valence-electron chi connectivity index (χ0n) is 23.5. The van der Waals surface area contributed by atoms with Crippen LogP contribution < -0.4 is 20.9 Å². The molecule has 0 fully saturated rings. The molecule has 2 aromatic carbocycles. The van der Waals surface area contributed by atoms with Crippen LogP contribution in [0.4, 0.5) is 0 Å². The molecule has 13 heteroatoms. The zero-order valence-corrected chi connectivity index (χ0v) is 25.2. The van der Waals surface area contributed by atoms with Gasteiger partial charge in [-0.25, -0.2) is 9.36 Å². The van der Waals surface area contributed by atoms with Gasteiger partial charge in [-0.05, 0) is 69.5 Å². The van der Waals surface area contributed by atoms with E-state index in [0.29, 0.717) is 11.4 Å². The number of carbonyl (C=O) groups is 1. The molecule has 0 saturated heterocycles. The van der Waals surface area contributed by atoms with Crippen molar-refractivity contribution in [3.8, 4) is 16.9 Å². The number of aromatic amines is 1. The van der Waals surface area contributed by atoms with E-state index in [4.69, 9.17) is 30.1 Å². The number of rotatable bonds is 14. The SMILES string of the molecule is CC[C@@H](COP(=O)(N[C@@H](C)C(=O)OC(C)C)Oc1ccc(-c2cccc(Cl)c2)cc1)O[C@H](C)n1ccc(=O)[nH]c1=O. The summed E-state index contributed by atoms with van der Waals surface area (Å²) in [6.07, 6.45) is -0.000285. The van der Waals surface area contributed by atoms with Gasteiger partial charge in [-0.3, -0.25) is 23.7 Å². The Morgan fingerprint density at radius 1 is 1.05 bits per heavy atom. The number of aromatic nitrogens is 2. The molecule has 0 amide bonds. The summed E-state index contributed by atoms with van der Waals surface area (Å²) in [5.41, 5.74) is 0.604. The van der Waals surface area contributed by atoms with Crippen LogP contribution in [-0.4, -0.2) is 40.4 Å². The van der Waals surface area contributed by atoms with Crippen LogP contribution in [0.3, 0.4) is 0 Å². The van der Waals surface area contributed by atoms with Gasteiger partial charge in [0.05, 0.1) is 18.8 Å². The average Bonchev–Trinajstić information content (AvgIpc) is 2.91. The van der Waals surface area contributed by atoms with Crippen LogP contribution in [0.2, 0.25) is 5.02 Å². The Hall–Kier alpha value is -3.21. The third kappa shape index (κ3) is 9.69. The molecule has 0 bridgehead atoms. The van der Waals surface area contributed by atoms with E-state index >= 15 is 0 Å². The van der Waals surface area contributed by atoms with Crippen molar-refractivity contribution >= 4 is 25.3 Å². The van der Waals surface area contributed by atoms with Crippen molar-refractivity contribution in [2.75, 3.05) is 6.61 Å². The summed E-state index contributed by atoms with van der Waals surface area (Å²) in [7, 11) is -4.16. The van der Waals surface area contributed by atoms with Gasteiger partial charge < -0.3 is 14.0 Å². The van der Waals surface area contributed by atoms with Crippen LogP contribution in [0.5, 0.6) is 5.75 Å². The maximum absolute atomic E-state index is 13.9. The fourth-order valence-electron chi connectivity index (χ4n) is 3.72. The minimum atomic E-state index is -4.16. The molecular formula is C28H35ClN3O8P. The van der Waals surface area contributed by atoms with Gasteiger partial charge in [-0.2, -0.15) is 5.09 Å². The number of esters is 1. The number of hydrogen-bond acceptors (Lipinski definition) is 8. The Bertz CT molecular complexity index is 1470. The first-order chi connectivity index (χ1) is 19.4. The van der Waals surface area contributed by atoms with Gasteiger partial charge >= 0.3 is 19.4 Å². The first kappa shape index (κ1) is 32.3. The van der Waals surface area contributed by atoms with Crippen molar-refractivity contribution in [3.63, 3.8) is 0 Å². The van der Waals surface area contributed by atoms with E-state index in [1.807, 2.05) is 25.1 Å². The fraction of sp³-hybridized carbons (Fsp3) is 0.393. The Kier molecular flexibility index (Phi) is 11.5. The molecule has 222 valence electrons. The van der Waals surface area contributed by atoms with E-state index < -0.39 is 43.3 Å². The summed E-state index contributed by atoms with van der Waals surface area (Å²) in [4.78, 5) is 38.1. The number of nitrogens with one attached hydrogen (secondary N) is 2. The fourth-order valence-corrected chi connectivity index (χ4v) is 5.43. The first-order valence-corrected chi connectivity index (χ1v) is 15.1. The van der Waals surface area contributed by atoms with E-state index in [1.165, 1.54) is 23.8 Å². The summed E-state index contributed by atoms with van der Waals surface area (Å²) < 4.78 is 37.8. The van der Waals surface area contributed by atoms with Crippen molar-refractivity contribution in [2.45, 2.75) is 65.5 Å². The van der Waals surface area contributed by atoms with Crippen molar-refractivity contribution in [1.29, 1.82) is 0 Å². The van der Waals surface area contributed by atoms with Gasteiger partial charge in [0.1, 0.15) is 18.0 Å². The number of benzene rings is 2. The molecule has 3 aromatic rings. The van der Waals surface area contributed by atoms with Crippen molar-refractivity contribution in [1.82, 2.24) is 14.6 Å². The molecule has 0 aliphatic carbocycles. The molecule has 1 heterocycles. The number of nitrogens with zero attached hydrogens (tertiary/aromatic N) is 1. The van der Waals surface area contributed by atoms with Crippen LogP contribution >= 0.6 is 19.3 Å². The summed E-state index contributed by atoms with van der Waals surface area (Å²) in [5.74, 6) is -0.392. The van der Waals surface area contributed by atoms with Crippen LogP contribution in [-0.2, 0) is 23.4 Å². The van der Waals surface area contributed by atoms with Crippen molar-refractivity contribution < 1.29 is 27.9 Å². The second-order valence-corrected chi connectivity index (χ2v) is 11.7. The molecule has 2 N–H and O–H groups in total. The minimum Gasteiger partial charge on any atom is -0.462 e. The summed E-state index contributed by atoms with van der Waals surface area (Å²) in [6, 6.07) is 14.4. The molecule has 1 unspecified atom stereocenters. The maximum Gasteiger partial charge on any atom is 0.459 e. The average molecular weight is 608 g/mol. The highest BCUT2D eigenvalue weighted by Crippen LogP contribution is 2.45. The Balaban J connectivity index is 1.77. The number of carbonyl (C=O) groups excluding carboxylic acids is 1. The third-order valence-electron chi connectivity index (χ3n) is 5.81. The normalized spacial score (nSPS) is 15.1. The molecular weight excluding hydrogens is 573 g/mol. The van der Waals surface area contributed by atoms with Crippen LogP contribution in [0.1, 0.15) is 47.3 Å². The standard InChI is InChI=1S/C28H35ClN3O8P/c1-6-24(39-20(5)32-15-14-26(33)30-28(32)35)17-37-41(36,31-19(4)27(34)38-18(2)3)40-25-12-10-21(11-13-25)22-8-7-9-23(29)16-22/h7-16,18-20,24H,6,17H2,1-5H3,(H,31,36)(H,30,33,35)/t19-,20+,24-,41?/m0/s1. The molecule has 4 atom stereocenters. The number of halogens is 1. The minimum absolute atomic E-state index is 0.199. The van der Waals surface area contributed by atoms with E-state index in [-0.39, 0.29) is 18.5 Å². The molecule has 0 spiro atoms. The predicted octanol–water partition coefficient (Wildman–Crippen LogP) is 5.30. The molecule has 0 saturated carbocycles. The maximum atomic E-state index is 13.9. The van der Waals surface area contributed by atoms with Gasteiger partial charge in [0.2, 0.25) is 0 Å². The van der Waals surface area contributed by atoms with Crippen molar-refractivity contribution in [3.05, 3.63) is 86.7 Å².